The molecule has 1 amide bonds. The summed E-state index contributed by atoms with van der Waals surface area (Å²) in [5, 5.41) is 2.82. The van der Waals surface area contributed by atoms with Gasteiger partial charge in [-0.2, -0.15) is 0 Å². The number of nitrogens with zero attached hydrogens (tertiary/aromatic N) is 1. The average molecular weight is 415 g/mol. The summed E-state index contributed by atoms with van der Waals surface area (Å²) in [6, 6.07) is 27.7. The van der Waals surface area contributed by atoms with E-state index in [-0.39, 0.29) is 11.9 Å². The Morgan fingerprint density at radius 1 is 1.06 bits per heavy atom. The topological polar surface area (TPSA) is 41.6 Å². The Morgan fingerprint density at radius 3 is 2.48 bits per heavy atom. The largest absolute Gasteiger partial charge is 0.481 e. The monoisotopic (exact) mass is 414 g/mol. The van der Waals surface area contributed by atoms with Crippen molar-refractivity contribution < 1.29 is 9.53 Å². The number of benzene rings is 3. The fourth-order valence-electron chi connectivity index (χ4n) is 4.31. The highest BCUT2D eigenvalue weighted by molar-refractivity contribution is 5.80. The summed E-state index contributed by atoms with van der Waals surface area (Å²) in [6.45, 7) is 6.19. The zero-order chi connectivity index (χ0) is 21.6. The first-order chi connectivity index (χ1) is 15.2. The molecule has 31 heavy (non-hydrogen) atoms. The van der Waals surface area contributed by atoms with Crippen LogP contribution in [0.3, 0.4) is 0 Å². The van der Waals surface area contributed by atoms with Gasteiger partial charge in [0.1, 0.15) is 5.75 Å². The zero-order valence-electron chi connectivity index (χ0n) is 18.3. The third kappa shape index (κ3) is 4.97. The van der Waals surface area contributed by atoms with E-state index in [4.69, 9.17) is 4.74 Å². The molecule has 0 saturated heterocycles. The first kappa shape index (κ1) is 21.1. The lowest BCUT2D eigenvalue weighted by molar-refractivity contribution is -0.127. The maximum atomic E-state index is 12.1. The molecule has 1 N–H and O–H groups in total. The molecule has 160 valence electrons. The van der Waals surface area contributed by atoms with E-state index in [1.807, 2.05) is 13.0 Å². The van der Waals surface area contributed by atoms with Crippen molar-refractivity contribution in [3.8, 4) is 5.75 Å². The molecule has 0 saturated carbocycles. The Balaban J connectivity index is 1.66. The van der Waals surface area contributed by atoms with Crippen LogP contribution in [0.1, 0.15) is 42.1 Å². The molecule has 1 aliphatic heterocycles. The number of amides is 1. The van der Waals surface area contributed by atoms with Gasteiger partial charge in [0.15, 0.2) is 6.10 Å². The van der Waals surface area contributed by atoms with Crippen molar-refractivity contribution in [1.29, 1.82) is 0 Å². The molecular weight excluding hydrogens is 384 g/mol. The molecule has 3 aromatic carbocycles. The molecule has 1 aliphatic rings. The Kier molecular flexibility index (Phi) is 6.68. The van der Waals surface area contributed by atoms with Gasteiger partial charge in [-0.25, -0.2) is 0 Å². The standard InChI is InChI=1S/C27H30N2O2/c1-3-28-27(30)20(2)31-24-15-14-22-16-17-29(19-21-10-6-4-7-11-21)26(25(22)18-24)23-12-8-5-9-13-23/h4-15,18,20,26H,3,16-17,19H2,1-2H3,(H,28,30). The summed E-state index contributed by atoms with van der Waals surface area (Å²) >= 11 is 0. The SMILES string of the molecule is CCNC(=O)C(C)Oc1ccc2c(c1)C(c1ccccc1)N(Cc1ccccc1)CC2. The fourth-order valence-corrected chi connectivity index (χ4v) is 4.31. The number of hydrogen-bond acceptors (Lipinski definition) is 3. The third-order valence-electron chi connectivity index (χ3n) is 5.82. The Labute approximate surface area is 184 Å². The molecule has 2 unspecified atom stereocenters. The predicted octanol–water partition coefficient (Wildman–Crippen LogP) is 4.74. The predicted molar refractivity (Wildman–Crippen MR) is 124 cm³/mol. The van der Waals surface area contributed by atoms with Crippen molar-refractivity contribution in [3.63, 3.8) is 0 Å². The van der Waals surface area contributed by atoms with Gasteiger partial charge in [0.05, 0.1) is 6.04 Å². The molecule has 4 rings (SSSR count). The van der Waals surface area contributed by atoms with Crippen molar-refractivity contribution in [3.05, 3.63) is 101 Å². The first-order valence-corrected chi connectivity index (χ1v) is 11.1. The van der Waals surface area contributed by atoms with Crippen molar-refractivity contribution in [2.45, 2.75) is 39.0 Å². The zero-order valence-corrected chi connectivity index (χ0v) is 18.3. The van der Waals surface area contributed by atoms with E-state index in [2.05, 4.69) is 83.0 Å². The van der Waals surface area contributed by atoms with E-state index < -0.39 is 6.10 Å². The van der Waals surface area contributed by atoms with Gasteiger partial charge in [-0.15, -0.1) is 0 Å². The number of carbonyl (C=O) groups is 1. The van der Waals surface area contributed by atoms with Gasteiger partial charge in [-0.1, -0.05) is 66.7 Å². The van der Waals surface area contributed by atoms with Gasteiger partial charge in [0, 0.05) is 19.6 Å². The molecule has 0 fully saturated rings. The highest BCUT2D eigenvalue weighted by Crippen LogP contribution is 2.38. The highest BCUT2D eigenvalue weighted by Gasteiger charge is 2.29. The van der Waals surface area contributed by atoms with Gasteiger partial charge < -0.3 is 10.1 Å². The summed E-state index contributed by atoms with van der Waals surface area (Å²) in [6.07, 6.45) is 0.467. The Bertz CT molecular complexity index is 1000. The van der Waals surface area contributed by atoms with Gasteiger partial charge in [-0.3, -0.25) is 9.69 Å². The van der Waals surface area contributed by atoms with Crippen LogP contribution < -0.4 is 10.1 Å². The van der Waals surface area contributed by atoms with Crippen LogP contribution in [0, 0.1) is 0 Å². The van der Waals surface area contributed by atoms with Crippen LogP contribution in [0.25, 0.3) is 0 Å². The number of carbonyl (C=O) groups excluding carboxylic acids is 1. The van der Waals surface area contributed by atoms with Gasteiger partial charge in [0.2, 0.25) is 0 Å². The third-order valence-corrected chi connectivity index (χ3v) is 5.82. The molecule has 4 nitrogen and oxygen atoms in total. The minimum absolute atomic E-state index is 0.0921. The fraction of sp³-hybridized carbons (Fsp3) is 0.296. The van der Waals surface area contributed by atoms with E-state index in [1.54, 1.807) is 6.92 Å². The van der Waals surface area contributed by atoms with E-state index in [1.165, 1.54) is 22.3 Å². The van der Waals surface area contributed by atoms with Crippen molar-refractivity contribution >= 4 is 5.91 Å². The normalized spacial score (nSPS) is 16.9. The Morgan fingerprint density at radius 2 is 1.77 bits per heavy atom. The average Bonchev–Trinajstić information content (AvgIpc) is 2.80. The summed E-state index contributed by atoms with van der Waals surface area (Å²) in [5.41, 5.74) is 5.18. The van der Waals surface area contributed by atoms with Crippen molar-refractivity contribution in [1.82, 2.24) is 10.2 Å². The van der Waals surface area contributed by atoms with Gasteiger partial charge >= 0.3 is 0 Å². The van der Waals surface area contributed by atoms with Crippen LogP contribution in [-0.2, 0) is 17.8 Å². The molecule has 0 radical (unpaired) electrons. The number of likely N-dealkylation sites (N-methyl/N-ethyl adjacent to an activating group) is 1. The quantitative estimate of drug-likeness (QED) is 0.607. The van der Waals surface area contributed by atoms with E-state index in [0.29, 0.717) is 6.54 Å². The molecule has 3 aromatic rings. The van der Waals surface area contributed by atoms with Crippen molar-refractivity contribution in [2.75, 3.05) is 13.1 Å². The van der Waals surface area contributed by atoms with Gasteiger partial charge in [-0.05, 0) is 54.7 Å². The second-order valence-corrected chi connectivity index (χ2v) is 8.03. The molecule has 0 spiro atoms. The highest BCUT2D eigenvalue weighted by atomic mass is 16.5. The summed E-state index contributed by atoms with van der Waals surface area (Å²) in [7, 11) is 0. The minimum atomic E-state index is -0.530. The van der Waals surface area contributed by atoms with Crippen LogP contribution in [0.2, 0.25) is 0 Å². The van der Waals surface area contributed by atoms with E-state index in [9.17, 15) is 4.79 Å². The van der Waals surface area contributed by atoms with Crippen LogP contribution >= 0.6 is 0 Å². The number of rotatable bonds is 7. The molecule has 4 heteroatoms. The molecule has 1 heterocycles. The minimum Gasteiger partial charge on any atom is -0.481 e. The number of fused-ring (bicyclic) bond motifs is 1. The lowest BCUT2D eigenvalue weighted by Gasteiger charge is -2.38. The molecular formula is C27H30N2O2. The molecule has 0 bridgehead atoms. The van der Waals surface area contributed by atoms with Crippen molar-refractivity contribution in [2.24, 2.45) is 0 Å². The summed E-state index contributed by atoms with van der Waals surface area (Å²) < 4.78 is 6.00. The second-order valence-electron chi connectivity index (χ2n) is 8.03. The van der Waals surface area contributed by atoms with Crippen LogP contribution in [0.15, 0.2) is 78.9 Å². The molecule has 0 aliphatic carbocycles. The maximum Gasteiger partial charge on any atom is 0.260 e. The van der Waals surface area contributed by atoms with E-state index in [0.717, 1.165) is 25.3 Å². The smallest absolute Gasteiger partial charge is 0.260 e. The van der Waals surface area contributed by atoms with Gasteiger partial charge in [0.25, 0.3) is 5.91 Å². The van der Waals surface area contributed by atoms with Crippen LogP contribution in [0.5, 0.6) is 5.75 Å². The second kappa shape index (κ2) is 9.80. The molecule has 0 aromatic heterocycles. The number of nitrogens with one attached hydrogen (secondary N) is 1. The maximum absolute atomic E-state index is 12.1. The van der Waals surface area contributed by atoms with E-state index >= 15 is 0 Å². The van der Waals surface area contributed by atoms with Crippen LogP contribution in [0.4, 0.5) is 0 Å². The molecule has 2 atom stereocenters. The van der Waals surface area contributed by atoms with Crippen LogP contribution in [-0.4, -0.2) is 30.0 Å². The lowest BCUT2D eigenvalue weighted by atomic mass is 9.87. The first-order valence-electron chi connectivity index (χ1n) is 11.1. The number of hydrogen-bond donors (Lipinski definition) is 1. The number of ether oxygens (including phenoxy) is 1. The summed E-state index contributed by atoms with van der Waals surface area (Å²) in [5.74, 6) is 0.644. The summed E-state index contributed by atoms with van der Waals surface area (Å²) in [4.78, 5) is 14.7. The lowest BCUT2D eigenvalue weighted by Crippen LogP contribution is -2.37. The Hall–Kier alpha value is -3.11.